The molecule has 2 rings (SSSR count). The van der Waals surface area contributed by atoms with Crippen LogP contribution in [0.4, 0.5) is 0 Å². The molecule has 0 spiro atoms. The summed E-state index contributed by atoms with van der Waals surface area (Å²) in [5.41, 5.74) is 2.63. The second-order valence-electron chi connectivity index (χ2n) is 7.25. The van der Waals surface area contributed by atoms with E-state index in [1.165, 1.54) is 5.56 Å². The molecule has 1 amide bonds. The van der Waals surface area contributed by atoms with Crippen molar-refractivity contribution in [3.8, 4) is 17.6 Å². The normalized spacial score (nSPS) is 10.8. The van der Waals surface area contributed by atoms with Crippen LogP contribution in [-0.2, 0) is 11.2 Å². The van der Waals surface area contributed by atoms with Crippen molar-refractivity contribution >= 4 is 12.0 Å². The van der Waals surface area contributed by atoms with Crippen LogP contribution in [0.15, 0.2) is 48.5 Å². The molecule has 0 atom stereocenters. The van der Waals surface area contributed by atoms with E-state index in [-0.39, 0.29) is 5.91 Å². The average Bonchev–Trinajstić information content (AvgIpc) is 2.80. The fourth-order valence-electron chi connectivity index (χ4n) is 3.15. The highest BCUT2D eigenvalue weighted by molar-refractivity contribution is 5.78. The number of nitriles is 1. The van der Waals surface area contributed by atoms with Gasteiger partial charge >= 0.3 is 0 Å². The molecule has 0 bridgehead atoms. The quantitative estimate of drug-likeness (QED) is 0.530. The Balaban J connectivity index is 1.64. The summed E-state index contributed by atoms with van der Waals surface area (Å²) in [5, 5.41) is 12.0. The Morgan fingerprint density at radius 2 is 1.90 bits per heavy atom. The van der Waals surface area contributed by atoms with Gasteiger partial charge in [0.1, 0.15) is 0 Å². The lowest BCUT2D eigenvalue weighted by Gasteiger charge is -2.17. The molecule has 0 fully saturated rings. The molecule has 164 valence electrons. The summed E-state index contributed by atoms with van der Waals surface area (Å²) in [7, 11) is 5.36. The fraction of sp³-hybridized carbons (Fsp3) is 0.360. The van der Waals surface area contributed by atoms with E-state index in [1.54, 1.807) is 26.4 Å². The lowest BCUT2D eigenvalue weighted by Crippen LogP contribution is -2.28. The van der Waals surface area contributed by atoms with Crippen LogP contribution in [0.3, 0.4) is 0 Å². The minimum atomic E-state index is -0.0151. The summed E-state index contributed by atoms with van der Waals surface area (Å²) in [5.74, 6) is 1.47. The second-order valence-corrected chi connectivity index (χ2v) is 7.25. The van der Waals surface area contributed by atoms with Crippen molar-refractivity contribution in [3.05, 3.63) is 65.2 Å². The van der Waals surface area contributed by atoms with Gasteiger partial charge in [-0.25, -0.2) is 0 Å². The van der Waals surface area contributed by atoms with E-state index < -0.39 is 0 Å². The van der Waals surface area contributed by atoms with Crippen LogP contribution in [0.2, 0.25) is 0 Å². The molecule has 0 saturated carbocycles. The standard InChI is InChI=1S/C25H31N3O3/c1-28(17-14-20-12-13-23(30-2)24(18-20)31-3)16-7-15-27-25(29)11-6-10-21-8-4-5-9-22(21)19-26/h4-6,8-10,12-13,18H,7,11,14-17H2,1-3H3,(H,27,29). The number of carbonyl (C=O) groups excluding carboxylic acids is 1. The van der Waals surface area contributed by atoms with Crippen molar-refractivity contribution in [1.82, 2.24) is 10.2 Å². The number of rotatable bonds is 12. The van der Waals surface area contributed by atoms with E-state index in [0.29, 0.717) is 18.5 Å². The topological polar surface area (TPSA) is 74.6 Å². The van der Waals surface area contributed by atoms with Crippen molar-refractivity contribution in [2.24, 2.45) is 0 Å². The number of carbonyl (C=O) groups is 1. The Bertz CT molecular complexity index is 918. The van der Waals surface area contributed by atoms with Gasteiger partial charge in [0.25, 0.3) is 0 Å². The minimum Gasteiger partial charge on any atom is -0.493 e. The molecule has 0 heterocycles. The van der Waals surface area contributed by atoms with Crippen molar-refractivity contribution < 1.29 is 14.3 Å². The zero-order chi connectivity index (χ0) is 22.5. The molecule has 0 saturated heterocycles. The summed E-state index contributed by atoms with van der Waals surface area (Å²) in [6.45, 7) is 2.46. The molecule has 2 aromatic rings. The average molecular weight is 422 g/mol. The van der Waals surface area contributed by atoms with Gasteiger partial charge in [0.05, 0.1) is 25.9 Å². The number of nitrogens with zero attached hydrogens (tertiary/aromatic N) is 2. The molecule has 1 N–H and O–H groups in total. The van der Waals surface area contributed by atoms with Gasteiger partial charge in [-0.3, -0.25) is 4.79 Å². The summed E-state index contributed by atoms with van der Waals surface area (Å²) >= 11 is 0. The highest BCUT2D eigenvalue weighted by Gasteiger charge is 2.06. The van der Waals surface area contributed by atoms with Crippen molar-refractivity contribution in [1.29, 1.82) is 5.26 Å². The Labute approximate surface area is 185 Å². The summed E-state index contributed by atoms with van der Waals surface area (Å²) < 4.78 is 10.6. The van der Waals surface area contributed by atoms with E-state index in [9.17, 15) is 4.79 Å². The fourth-order valence-corrected chi connectivity index (χ4v) is 3.15. The third-order valence-electron chi connectivity index (χ3n) is 4.95. The first-order chi connectivity index (χ1) is 15.1. The van der Waals surface area contributed by atoms with Gasteiger partial charge in [-0.05, 0) is 55.8 Å². The van der Waals surface area contributed by atoms with Crippen LogP contribution in [0.5, 0.6) is 11.5 Å². The Morgan fingerprint density at radius 3 is 2.65 bits per heavy atom. The molecule has 6 nitrogen and oxygen atoms in total. The zero-order valence-electron chi connectivity index (χ0n) is 18.6. The lowest BCUT2D eigenvalue weighted by atomic mass is 10.1. The van der Waals surface area contributed by atoms with Gasteiger partial charge in [-0.2, -0.15) is 5.26 Å². The van der Waals surface area contributed by atoms with Gasteiger partial charge in [-0.15, -0.1) is 0 Å². The zero-order valence-corrected chi connectivity index (χ0v) is 18.6. The van der Waals surface area contributed by atoms with E-state index >= 15 is 0 Å². The van der Waals surface area contributed by atoms with Crippen LogP contribution in [0, 0.1) is 11.3 Å². The van der Waals surface area contributed by atoms with Crippen LogP contribution >= 0.6 is 0 Å². The second kappa shape index (κ2) is 13.1. The maximum atomic E-state index is 12.0. The van der Waals surface area contributed by atoms with Gasteiger partial charge in [0.2, 0.25) is 5.91 Å². The summed E-state index contributed by atoms with van der Waals surface area (Å²) in [6, 6.07) is 15.5. The van der Waals surface area contributed by atoms with Crippen molar-refractivity contribution in [3.63, 3.8) is 0 Å². The largest absolute Gasteiger partial charge is 0.493 e. The van der Waals surface area contributed by atoms with Crippen LogP contribution in [-0.4, -0.2) is 51.7 Å². The van der Waals surface area contributed by atoms with Gasteiger partial charge in [0, 0.05) is 19.5 Å². The highest BCUT2D eigenvalue weighted by atomic mass is 16.5. The number of hydrogen-bond donors (Lipinski definition) is 1. The number of methoxy groups -OCH3 is 2. The van der Waals surface area contributed by atoms with Crippen LogP contribution < -0.4 is 14.8 Å². The third kappa shape index (κ3) is 8.15. The van der Waals surface area contributed by atoms with Crippen LogP contribution in [0.1, 0.15) is 29.5 Å². The molecular formula is C25H31N3O3. The SMILES string of the molecule is COc1ccc(CCN(C)CCCNC(=O)CC=Cc2ccccc2C#N)cc1OC. The van der Waals surface area contributed by atoms with Crippen LogP contribution in [0.25, 0.3) is 6.08 Å². The first kappa shape index (κ1) is 24.0. The van der Waals surface area contributed by atoms with E-state index in [4.69, 9.17) is 14.7 Å². The molecule has 6 heteroatoms. The predicted molar refractivity (Wildman–Crippen MR) is 123 cm³/mol. The Morgan fingerprint density at radius 1 is 1.13 bits per heavy atom. The Kier molecular flexibility index (Phi) is 10.1. The van der Waals surface area contributed by atoms with Crippen molar-refractivity contribution in [2.75, 3.05) is 40.9 Å². The summed E-state index contributed by atoms with van der Waals surface area (Å²) in [6.07, 6.45) is 5.71. The highest BCUT2D eigenvalue weighted by Crippen LogP contribution is 2.27. The summed E-state index contributed by atoms with van der Waals surface area (Å²) in [4.78, 5) is 14.2. The maximum absolute atomic E-state index is 12.0. The number of ether oxygens (including phenoxy) is 2. The lowest BCUT2D eigenvalue weighted by molar-refractivity contribution is -0.120. The molecule has 0 radical (unpaired) electrons. The number of amides is 1. The van der Waals surface area contributed by atoms with E-state index in [2.05, 4.69) is 29.4 Å². The minimum absolute atomic E-state index is 0.0151. The molecule has 0 unspecified atom stereocenters. The first-order valence-electron chi connectivity index (χ1n) is 10.4. The molecule has 0 aliphatic rings. The van der Waals surface area contributed by atoms with Gasteiger partial charge in [-0.1, -0.05) is 36.4 Å². The van der Waals surface area contributed by atoms with E-state index in [1.807, 2.05) is 36.4 Å². The number of benzene rings is 2. The third-order valence-corrected chi connectivity index (χ3v) is 4.95. The maximum Gasteiger partial charge on any atom is 0.223 e. The molecule has 0 aliphatic heterocycles. The van der Waals surface area contributed by atoms with Gasteiger partial charge < -0.3 is 19.7 Å². The predicted octanol–water partition coefficient (Wildman–Crippen LogP) is 3.66. The molecule has 31 heavy (non-hydrogen) atoms. The first-order valence-corrected chi connectivity index (χ1v) is 10.4. The molecule has 2 aromatic carbocycles. The van der Waals surface area contributed by atoms with Crippen molar-refractivity contribution in [2.45, 2.75) is 19.3 Å². The Hall–Kier alpha value is -3.30. The number of likely N-dealkylation sites (N-methyl/N-ethyl adjacent to an activating group) is 1. The molecule has 0 aromatic heterocycles. The monoisotopic (exact) mass is 421 g/mol. The van der Waals surface area contributed by atoms with E-state index in [0.717, 1.165) is 43.0 Å². The smallest absolute Gasteiger partial charge is 0.223 e. The number of hydrogen-bond acceptors (Lipinski definition) is 5. The molecular weight excluding hydrogens is 390 g/mol. The van der Waals surface area contributed by atoms with Gasteiger partial charge in [0.15, 0.2) is 11.5 Å². The molecule has 0 aliphatic carbocycles. The number of nitrogens with one attached hydrogen (secondary N) is 1.